The summed E-state index contributed by atoms with van der Waals surface area (Å²) in [5.74, 6) is 0.599. The van der Waals surface area contributed by atoms with Crippen molar-refractivity contribution in [1.82, 2.24) is 5.01 Å². The van der Waals surface area contributed by atoms with Crippen molar-refractivity contribution in [2.45, 2.75) is 39.0 Å². The van der Waals surface area contributed by atoms with Crippen molar-refractivity contribution in [3.05, 3.63) is 23.8 Å². The lowest BCUT2D eigenvalue weighted by molar-refractivity contribution is -0.131. The van der Waals surface area contributed by atoms with Gasteiger partial charge in [0.05, 0.1) is 24.2 Å². The summed E-state index contributed by atoms with van der Waals surface area (Å²) in [5, 5.41) is 6.09. The molecule has 26 heavy (non-hydrogen) atoms. The molecule has 3 rings (SSSR count). The molecule has 8 heteroatoms. The van der Waals surface area contributed by atoms with Gasteiger partial charge in [-0.2, -0.15) is 5.10 Å². The molecule has 0 aliphatic carbocycles. The number of hydrogen-bond donors (Lipinski definition) is 0. The highest BCUT2D eigenvalue weighted by Crippen LogP contribution is 2.34. The van der Waals surface area contributed by atoms with Crippen LogP contribution >= 0.6 is 0 Å². The molecule has 1 amide bonds. The van der Waals surface area contributed by atoms with Crippen LogP contribution in [0.25, 0.3) is 0 Å². The van der Waals surface area contributed by atoms with Crippen LogP contribution in [0.5, 0.6) is 5.75 Å². The summed E-state index contributed by atoms with van der Waals surface area (Å²) in [4.78, 5) is 12.1. The number of amides is 1. The fraction of sp³-hybridized carbons (Fsp3) is 0.556. The van der Waals surface area contributed by atoms with Crippen LogP contribution in [0.2, 0.25) is 0 Å². The topological polar surface area (TPSA) is 79.3 Å². The van der Waals surface area contributed by atoms with E-state index in [9.17, 15) is 13.2 Å². The van der Waals surface area contributed by atoms with E-state index in [-0.39, 0.29) is 5.91 Å². The SMILES string of the molecule is CCCCCN1N=C(c2ccc3c(c2)N(S(C)(=O)=O)CCO3)CCC1=O. The maximum Gasteiger partial charge on any atom is 0.243 e. The highest BCUT2D eigenvalue weighted by atomic mass is 32.2. The largest absolute Gasteiger partial charge is 0.489 e. The smallest absolute Gasteiger partial charge is 0.243 e. The van der Waals surface area contributed by atoms with Gasteiger partial charge in [0.2, 0.25) is 15.9 Å². The second kappa shape index (κ2) is 7.65. The zero-order valence-corrected chi connectivity index (χ0v) is 16.1. The molecule has 1 aromatic carbocycles. The first kappa shape index (κ1) is 18.7. The quantitative estimate of drug-likeness (QED) is 0.711. The molecular formula is C18H25N3O4S. The maximum atomic E-state index is 12.1. The van der Waals surface area contributed by atoms with Gasteiger partial charge in [0.15, 0.2) is 0 Å². The Bertz CT molecular complexity index is 820. The average molecular weight is 379 g/mol. The van der Waals surface area contributed by atoms with Crippen molar-refractivity contribution in [3.63, 3.8) is 0 Å². The maximum absolute atomic E-state index is 12.1. The molecule has 2 aliphatic heterocycles. The summed E-state index contributed by atoms with van der Waals surface area (Å²) in [7, 11) is -3.37. The fourth-order valence-corrected chi connectivity index (χ4v) is 4.12. The van der Waals surface area contributed by atoms with Gasteiger partial charge < -0.3 is 4.74 Å². The normalized spacial score (nSPS) is 17.6. The number of hydrogen-bond acceptors (Lipinski definition) is 5. The summed E-state index contributed by atoms with van der Waals surface area (Å²) < 4.78 is 31.1. The Kier molecular flexibility index (Phi) is 5.50. The van der Waals surface area contributed by atoms with Gasteiger partial charge in [-0.15, -0.1) is 0 Å². The zero-order chi connectivity index (χ0) is 18.7. The number of hydrazone groups is 1. The predicted octanol–water partition coefficient (Wildman–Crippen LogP) is 2.36. The molecule has 0 bridgehead atoms. The lowest BCUT2D eigenvalue weighted by Crippen LogP contribution is -2.37. The van der Waals surface area contributed by atoms with E-state index in [4.69, 9.17) is 4.74 Å². The van der Waals surface area contributed by atoms with Gasteiger partial charge in [-0.1, -0.05) is 19.8 Å². The summed E-state index contributed by atoms with van der Waals surface area (Å²) in [6.07, 6.45) is 5.26. The molecule has 0 saturated carbocycles. The van der Waals surface area contributed by atoms with Crippen LogP contribution in [0.1, 0.15) is 44.6 Å². The van der Waals surface area contributed by atoms with Crippen molar-refractivity contribution in [3.8, 4) is 5.75 Å². The highest BCUT2D eigenvalue weighted by Gasteiger charge is 2.27. The zero-order valence-electron chi connectivity index (χ0n) is 15.3. The Morgan fingerprint density at radius 2 is 2.04 bits per heavy atom. The number of sulfonamides is 1. The Labute approximate surface area is 154 Å². The van der Waals surface area contributed by atoms with Crippen LogP contribution in [0.15, 0.2) is 23.3 Å². The van der Waals surface area contributed by atoms with E-state index < -0.39 is 10.0 Å². The number of benzene rings is 1. The third kappa shape index (κ3) is 4.00. The summed E-state index contributed by atoms with van der Waals surface area (Å²) >= 11 is 0. The Balaban J connectivity index is 1.89. The van der Waals surface area contributed by atoms with E-state index in [0.29, 0.717) is 44.0 Å². The van der Waals surface area contributed by atoms with Crippen LogP contribution in [0.4, 0.5) is 5.69 Å². The Morgan fingerprint density at radius 3 is 2.77 bits per heavy atom. The van der Waals surface area contributed by atoms with E-state index in [2.05, 4.69) is 12.0 Å². The number of anilines is 1. The van der Waals surface area contributed by atoms with Crippen LogP contribution in [-0.2, 0) is 14.8 Å². The monoisotopic (exact) mass is 379 g/mol. The second-order valence-electron chi connectivity index (χ2n) is 6.64. The average Bonchev–Trinajstić information content (AvgIpc) is 2.61. The summed E-state index contributed by atoms with van der Waals surface area (Å²) in [6, 6.07) is 5.46. The van der Waals surface area contributed by atoms with E-state index in [1.54, 1.807) is 17.1 Å². The van der Waals surface area contributed by atoms with Gasteiger partial charge in [-0.25, -0.2) is 13.4 Å². The van der Waals surface area contributed by atoms with Crippen LogP contribution in [0.3, 0.4) is 0 Å². The molecule has 0 saturated heterocycles. The van der Waals surface area contributed by atoms with E-state index >= 15 is 0 Å². The van der Waals surface area contributed by atoms with Gasteiger partial charge in [0.1, 0.15) is 12.4 Å². The molecule has 2 aliphatic rings. The van der Waals surface area contributed by atoms with Crippen LogP contribution in [0, 0.1) is 0 Å². The molecule has 0 radical (unpaired) electrons. The molecule has 7 nitrogen and oxygen atoms in total. The molecule has 142 valence electrons. The first-order chi connectivity index (χ1) is 12.4. The number of carbonyl (C=O) groups excluding carboxylic acids is 1. The molecule has 0 spiro atoms. The molecule has 0 aromatic heterocycles. The molecule has 1 aromatic rings. The molecule has 0 atom stereocenters. The van der Waals surface area contributed by atoms with Crippen molar-refractivity contribution >= 4 is 27.3 Å². The predicted molar refractivity (Wildman–Crippen MR) is 101 cm³/mol. The van der Waals surface area contributed by atoms with Crippen molar-refractivity contribution < 1.29 is 17.9 Å². The van der Waals surface area contributed by atoms with E-state index in [1.165, 1.54) is 10.6 Å². The lowest BCUT2D eigenvalue weighted by Gasteiger charge is -2.30. The van der Waals surface area contributed by atoms with Crippen LogP contribution in [-0.4, -0.2) is 51.0 Å². The van der Waals surface area contributed by atoms with Gasteiger partial charge in [-0.05, 0) is 24.6 Å². The number of ether oxygens (including phenoxy) is 1. The third-order valence-corrected chi connectivity index (χ3v) is 5.77. The standard InChI is InChI=1S/C18H25N3O4S/c1-3-4-5-10-20-18(22)9-7-15(19-20)14-6-8-17-16(13-14)21(11-12-25-17)26(2,23)24/h6,8,13H,3-5,7,9-12H2,1-2H3. The molecule has 0 unspecified atom stereocenters. The van der Waals surface area contributed by atoms with Gasteiger partial charge in [-0.3, -0.25) is 9.10 Å². The Morgan fingerprint density at radius 1 is 1.23 bits per heavy atom. The highest BCUT2D eigenvalue weighted by molar-refractivity contribution is 7.92. The second-order valence-corrected chi connectivity index (χ2v) is 8.54. The third-order valence-electron chi connectivity index (χ3n) is 4.59. The number of carbonyl (C=O) groups is 1. The number of fused-ring (bicyclic) bond motifs is 1. The van der Waals surface area contributed by atoms with Crippen molar-refractivity contribution in [1.29, 1.82) is 0 Å². The summed E-state index contributed by atoms with van der Waals surface area (Å²) in [6.45, 7) is 3.37. The Hall–Kier alpha value is -2.09. The molecule has 0 N–H and O–H groups in total. The molecule has 0 fully saturated rings. The minimum absolute atomic E-state index is 0.0453. The first-order valence-corrected chi connectivity index (χ1v) is 10.9. The van der Waals surface area contributed by atoms with E-state index in [0.717, 1.165) is 30.5 Å². The van der Waals surface area contributed by atoms with Gasteiger partial charge in [0.25, 0.3) is 0 Å². The number of nitrogens with zero attached hydrogens (tertiary/aromatic N) is 3. The van der Waals surface area contributed by atoms with Gasteiger partial charge >= 0.3 is 0 Å². The lowest BCUT2D eigenvalue weighted by atomic mass is 10.0. The first-order valence-electron chi connectivity index (χ1n) is 9.03. The minimum Gasteiger partial charge on any atom is -0.489 e. The van der Waals surface area contributed by atoms with Crippen molar-refractivity contribution in [2.24, 2.45) is 5.10 Å². The minimum atomic E-state index is -3.37. The molecule has 2 heterocycles. The van der Waals surface area contributed by atoms with Crippen molar-refractivity contribution in [2.75, 3.05) is 30.3 Å². The van der Waals surface area contributed by atoms with Gasteiger partial charge in [0, 0.05) is 24.9 Å². The number of rotatable bonds is 6. The van der Waals surface area contributed by atoms with E-state index in [1.807, 2.05) is 6.07 Å². The fourth-order valence-electron chi connectivity index (χ4n) is 3.21. The summed E-state index contributed by atoms with van der Waals surface area (Å²) in [5.41, 5.74) is 2.17. The number of unbranched alkanes of at least 4 members (excludes halogenated alkanes) is 2. The van der Waals surface area contributed by atoms with Crippen LogP contribution < -0.4 is 9.04 Å². The molecular weight excluding hydrogens is 354 g/mol.